The van der Waals surface area contributed by atoms with Crippen LogP contribution in [0.5, 0.6) is 5.88 Å². The molecule has 7 heteroatoms. The lowest BCUT2D eigenvalue weighted by Crippen LogP contribution is -2.47. The number of nitrogens with zero attached hydrogens (tertiary/aromatic N) is 4. The van der Waals surface area contributed by atoms with Crippen LogP contribution in [0, 0.1) is 5.92 Å². The molecule has 1 N–H and O–H groups in total. The topological polar surface area (TPSA) is 74.1 Å². The molecule has 1 saturated heterocycles. The van der Waals surface area contributed by atoms with Crippen LogP contribution >= 0.6 is 0 Å². The predicted octanol–water partition coefficient (Wildman–Crippen LogP) is 3.39. The normalized spacial score (nSPS) is 22.4. The first-order valence-corrected chi connectivity index (χ1v) is 10.8. The molecule has 5 rings (SSSR count). The van der Waals surface area contributed by atoms with Crippen LogP contribution in [0.25, 0.3) is 22.2 Å². The van der Waals surface area contributed by atoms with E-state index in [1.807, 2.05) is 35.3 Å². The van der Waals surface area contributed by atoms with Crippen molar-refractivity contribution in [2.45, 2.75) is 51.4 Å². The molecule has 1 aliphatic heterocycles. The standard InChI is InChI=1S/C23H29N5O2/c1-23(2,3)28-13-16(10-26-28)19-9-20-18(5-4-8-25-20)22(27-19)29-14-17-11-24-12-21(30-17)15-6-7-15/h4-5,8-10,13,15,17,21,24H,6-7,11-12,14H2,1-3H3/t17-,21+/m0/s1. The van der Waals surface area contributed by atoms with Crippen LogP contribution in [0.4, 0.5) is 0 Å². The number of nitrogens with one attached hydrogen (secondary N) is 1. The molecule has 1 aliphatic carbocycles. The molecule has 3 aromatic heterocycles. The van der Waals surface area contributed by atoms with Crippen LogP contribution in [-0.4, -0.2) is 51.7 Å². The highest BCUT2D eigenvalue weighted by Gasteiger charge is 2.35. The quantitative estimate of drug-likeness (QED) is 0.699. The van der Waals surface area contributed by atoms with Gasteiger partial charge in [0.1, 0.15) is 12.7 Å². The minimum Gasteiger partial charge on any atom is -0.474 e. The number of aromatic nitrogens is 4. The Kier molecular flexibility index (Phi) is 4.95. The second-order valence-corrected chi connectivity index (χ2v) is 9.33. The number of hydrogen-bond acceptors (Lipinski definition) is 6. The summed E-state index contributed by atoms with van der Waals surface area (Å²) in [7, 11) is 0. The van der Waals surface area contributed by atoms with Gasteiger partial charge in [-0.1, -0.05) is 0 Å². The minimum atomic E-state index is -0.0872. The molecule has 3 aromatic rings. The van der Waals surface area contributed by atoms with Crippen molar-refractivity contribution in [2.24, 2.45) is 5.92 Å². The van der Waals surface area contributed by atoms with Crippen molar-refractivity contribution in [3.63, 3.8) is 0 Å². The first kappa shape index (κ1) is 19.5. The van der Waals surface area contributed by atoms with E-state index in [9.17, 15) is 0 Å². The Balaban J connectivity index is 1.40. The lowest BCUT2D eigenvalue weighted by atomic mass is 10.1. The molecule has 2 atom stereocenters. The van der Waals surface area contributed by atoms with Gasteiger partial charge in [0.15, 0.2) is 0 Å². The molecule has 0 radical (unpaired) electrons. The van der Waals surface area contributed by atoms with E-state index in [4.69, 9.17) is 14.5 Å². The van der Waals surface area contributed by atoms with Crippen LogP contribution < -0.4 is 10.1 Å². The Morgan fingerprint density at radius 3 is 2.90 bits per heavy atom. The zero-order chi connectivity index (χ0) is 20.7. The second kappa shape index (κ2) is 7.63. The monoisotopic (exact) mass is 407 g/mol. The zero-order valence-electron chi connectivity index (χ0n) is 17.8. The third-order valence-corrected chi connectivity index (χ3v) is 5.77. The highest BCUT2D eigenvalue weighted by Crippen LogP contribution is 2.35. The average Bonchev–Trinajstić information content (AvgIpc) is 3.47. The molecule has 1 saturated carbocycles. The van der Waals surface area contributed by atoms with E-state index in [1.165, 1.54) is 12.8 Å². The van der Waals surface area contributed by atoms with Gasteiger partial charge in [0.25, 0.3) is 0 Å². The summed E-state index contributed by atoms with van der Waals surface area (Å²) in [4.78, 5) is 9.36. The summed E-state index contributed by atoms with van der Waals surface area (Å²) in [6, 6.07) is 5.91. The van der Waals surface area contributed by atoms with Crippen molar-refractivity contribution in [2.75, 3.05) is 19.7 Å². The van der Waals surface area contributed by atoms with Crippen LogP contribution in [0.1, 0.15) is 33.6 Å². The fourth-order valence-electron chi connectivity index (χ4n) is 3.87. The van der Waals surface area contributed by atoms with E-state index in [1.54, 1.807) is 6.20 Å². The molecule has 158 valence electrons. The van der Waals surface area contributed by atoms with Crippen molar-refractivity contribution in [3.05, 3.63) is 36.8 Å². The first-order valence-electron chi connectivity index (χ1n) is 10.8. The number of morpholine rings is 1. The van der Waals surface area contributed by atoms with Gasteiger partial charge in [-0.25, -0.2) is 4.98 Å². The highest BCUT2D eigenvalue weighted by molar-refractivity contribution is 5.86. The first-order chi connectivity index (χ1) is 14.5. The van der Waals surface area contributed by atoms with E-state index in [0.29, 0.717) is 24.5 Å². The fraction of sp³-hybridized carbons (Fsp3) is 0.522. The molecule has 2 fully saturated rings. The van der Waals surface area contributed by atoms with Crippen LogP contribution in [0.15, 0.2) is 36.8 Å². The van der Waals surface area contributed by atoms with Gasteiger partial charge in [-0.05, 0) is 57.7 Å². The molecule has 0 spiro atoms. The summed E-state index contributed by atoms with van der Waals surface area (Å²) in [6.07, 6.45) is 8.57. The molecule has 0 unspecified atom stereocenters. The van der Waals surface area contributed by atoms with Crippen LogP contribution in [-0.2, 0) is 10.3 Å². The maximum atomic E-state index is 6.26. The van der Waals surface area contributed by atoms with E-state index in [-0.39, 0.29) is 11.6 Å². The summed E-state index contributed by atoms with van der Waals surface area (Å²) in [6.45, 7) is 8.59. The van der Waals surface area contributed by atoms with Crippen molar-refractivity contribution in [1.29, 1.82) is 0 Å². The highest BCUT2D eigenvalue weighted by atomic mass is 16.5. The summed E-state index contributed by atoms with van der Waals surface area (Å²) in [5.74, 6) is 1.31. The van der Waals surface area contributed by atoms with Crippen molar-refractivity contribution >= 4 is 10.9 Å². The minimum absolute atomic E-state index is 0.0326. The van der Waals surface area contributed by atoms with Crippen LogP contribution in [0.3, 0.4) is 0 Å². The molecule has 7 nitrogen and oxygen atoms in total. The Bertz CT molecular complexity index is 1040. The number of rotatable bonds is 5. The van der Waals surface area contributed by atoms with E-state index in [2.05, 4.69) is 36.2 Å². The SMILES string of the molecule is CC(C)(C)n1cc(-c2cc3ncccc3c(OC[C@@H]3CNC[C@H](C4CC4)O3)n2)cn1. The lowest BCUT2D eigenvalue weighted by molar-refractivity contribution is -0.0650. The molecule has 0 aromatic carbocycles. The van der Waals surface area contributed by atoms with Crippen molar-refractivity contribution < 1.29 is 9.47 Å². The van der Waals surface area contributed by atoms with Crippen LogP contribution in [0.2, 0.25) is 0 Å². The Hall–Kier alpha value is -2.51. The van der Waals surface area contributed by atoms with E-state index in [0.717, 1.165) is 35.2 Å². The zero-order valence-corrected chi connectivity index (χ0v) is 17.8. The Labute approximate surface area is 176 Å². The molecule has 0 amide bonds. The largest absolute Gasteiger partial charge is 0.474 e. The smallest absolute Gasteiger partial charge is 0.223 e. The lowest BCUT2D eigenvalue weighted by Gasteiger charge is -2.30. The van der Waals surface area contributed by atoms with Gasteiger partial charge in [0.05, 0.1) is 34.4 Å². The maximum absolute atomic E-state index is 6.26. The molecule has 30 heavy (non-hydrogen) atoms. The maximum Gasteiger partial charge on any atom is 0.223 e. The van der Waals surface area contributed by atoms with Crippen molar-refractivity contribution in [1.82, 2.24) is 25.1 Å². The number of pyridine rings is 2. The summed E-state index contributed by atoms with van der Waals surface area (Å²) < 4.78 is 14.4. The van der Waals surface area contributed by atoms with E-state index < -0.39 is 0 Å². The Morgan fingerprint density at radius 2 is 2.13 bits per heavy atom. The third kappa shape index (κ3) is 4.04. The van der Waals surface area contributed by atoms with Gasteiger partial charge in [-0.2, -0.15) is 5.10 Å². The second-order valence-electron chi connectivity index (χ2n) is 9.33. The predicted molar refractivity (Wildman–Crippen MR) is 116 cm³/mol. The average molecular weight is 408 g/mol. The summed E-state index contributed by atoms with van der Waals surface area (Å²) in [5, 5.41) is 8.91. The van der Waals surface area contributed by atoms with Crippen molar-refractivity contribution in [3.8, 4) is 17.1 Å². The fourth-order valence-corrected chi connectivity index (χ4v) is 3.87. The number of hydrogen-bond donors (Lipinski definition) is 1. The van der Waals surface area contributed by atoms with Gasteiger partial charge in [0, 0.05) is 31.0 Å². The molecule has 2 aliphatic rings. The van der Waals surface area contributed by atoms with Gasteiger partial charge < -0.3 is 14.8 Å². The van der Waals surface area contributed by atoms with Gasteiger partial charge in [0.2, 0.25) is 5.88 Å². The van der Waals surface area contributed by atoms with Gasteiger partial charge >= 0.3 is 0 Å². The molecular formula is C23H29N5O2. The van der Waals surface area contributed by atoms with Gasteiger partial charge in [-0.15, -0.1) is 0 Å². The molecule has 4 heterocycles. The summed E-state index contributed by atoms with van der Waals surface area (Å²) in [5.41, 5.74) is 2.53. The van der Waals surface area contributed by atoms with E-state index >= 15 is 0 Å². The number of fused-ring (bicyclic) bond motifs is 1. The molecular weight excluding hydrogens is 378 g/mol. The molecule has 0 bridgehead atoms. The third-order valence-electron chi connectivity index (χ3n) is 5.77. The Morgan fingerprint density at radius 1 is 1.27 bits per heavy atom. The van der Waals surface area contributed by atoms with Gasteiger partial charge in [-0.3, -0.25) is 9.67 Å². The summed E-state index contributed by atoms with van der Waals surface area (Å²) >= 11 is 0. The number of ether oxygens (including phenoxy) is 2.